The molecule has 0 heterocycles. The zero-order chi connectivity index (χ0) is 29.6. The molecule has 0 fully saturated rings. The molecule has 0 saturated carbocycles. The highest BCUT2D eigenvalue weighted by molar-refractivity contribution is 5.80. The van der Waals surface area contributed by atoms with Crippen LogP contribution in [0.4, 0.5) is 14.4 Å². The van der Waals surface area contributed by atoms with Crippen LogP contribution < -0.4 is 14.8 Å². The van der Waals surface area contributed by atoms with Crippen molar-refractivity contribution in [1.29, 1.82) is 0 Å². The van der Waals surface area contributed by atoms with Gasteiger partial charge in [0.2, 0.25) is 0 Å². The minimum Gasteiger partial charge on any atom is -0.477 e. The number of carbonyl (C=O) groups is 4. The molecule has 39 heavy (non-hydrogen) atoms. The SMILES string of the molecule is CCCC(C)OC(=O)Oc1ccc(C[C@](NC(C)C)(OC(=O)OCC)C(=O)O)cc1OC(=O)OC(C)CCC. The van der Waals surface area contributed by atoms with E-state index in [9.17, 15) is 24.3 Å². The zero-order valence-corrected chi connectivity index (χ0v) is 23.7. The molecule has 0 aliphatic heterocycles. The van der Waals surface area contributed by atoms with E-state index in [1.165, 1.54) is 18.2 Å². The number of hydrogen-bond acceptors (Lipinski definition) is 11. The fraction of sp³-hybridized carbons (Fsp3) is 0.630. The number of nitrogens with one attached hydrogen (secondary N) is 1. The Morgan fingerprint density at radius 2 is 1.38 bits per heavy atom. The van der Waals surface area contributed by atoms with Crippen molar-refractivity contribution < 1.29 is 52.7 Å². The van der Waals surface area contributed by atoms with Gasteiger partial charge in [0.1, 0.15) is 12.2 Å². The standard InChI is InChI=1S/C27H41NO11/c1-8-11-18(6)35-25(32)37-21-14-13-20(15-22(21)38-26(33)36-19(7)12-9-2)16-27(23(29)30,28-17(4)5)39-24(31)34-10-3/h13-15,17-19,28H,8-12,16H2,1-7H3,(H,29,30)/t18?,19?,27-/m0/s1. The minimum absolute atomic E-state index is 0.0221. The smallest absolute Gasteiger partial charge is 0.477 e. The van der Waals surface area contributed by atoms with Gasteiger partial charge >= 0.3 is 24.4 Å². The quantitative estimate of drug-likeness (QED) is 0.120. The van der Waals surface area contributed by atoms with E-state index in [0.29, 0.717) is 12.8 Å². The van der Waals surface area contributed by atoms with E-state index < -0.39 is 54.8 Å². The molecule has 1 aromatic carbocycles. The van der Waals surface area contributed by atoms with E-state index in [1.54, 1.807) is 34.6 Å². The van der Waals surface area contributed by atoms with E-state index >= 15 is 0 Å². The summed E-state index contributed by atoms with van der Waals surface area (Å²) in [5.41, 5.74) is -1.95. The average molecular weight is 556 g/mol. The molecular weight excluding hydrogens is 514 g/mol. The maximum absolute atomic E-state index is 12.5. The number of carboxylic acid groups (broad SMARTS) is 1. The number of rotatable bonds is 15. The second-order valence-corrected chi connectivity index (χ2v) is 9.31. The Morgan fingerprint density at radius 1 is 0.846 bits per heavy atom. The molecule has 1 rings (SSSR count). The first kappa shape index (κ1) is 33.5. The van der Waals surface area contributed by atoms with Crippen molar-refractivity contribution in [2.45, 2.75) is 105 Å². The van der Waals surface area contributed by atoms with E-state index in [-0.39, 0.29) is 23.7 Å². The Balaban J connectivity index is 3.38. The maximum Gasteiger partial charge on any atom is 0.514 e. The van der Waals surface area contributed by atoms with Gasteiger partial charge in [-0.15, -0.1) is 0 Å². The lowest BCUT2D eigenvalue weighted by Gasteiger charge is -2.31. The molecule has 12 nitrogen and oxygen atoms in total. The summed E-state index contributed by atoms with van der Waals surface area (Å²) in [6.07, 6.45) is -1.65. The minimum atomic E-state index is -2.22. The summed E-state index contributed by atoms with van der Waals surface area (Å²) in [6, 6.07) is 3.62. The summed E-state index contributed by atoms with van der Waals surface area (Å²) < 4.78 is 31.1. The Bertz CT molecular complexity index is 965. The first-order valence-electron chi connectivity index (χ1n) is 13.1. The van der Waals surface area contributed by atoms with Gasteiger partial charge in [-0.1, -0.05) is 32.8 Å². The summed E-state index contributed by atoms with van der Waals surface area (Å²) in [4.78, 5) is 49.2. The number of ether oxygens (including phenoxy) is 6. The molecule has 0 saturated heterocycles. The second-order valence-electron chi connectivity index (χ2n) is 9.31. The lowest BCUT2D eigenvalue weighted by molar-refractivity contribution is -0.166. The predicted octanol–water partition coefficient (Wildman–Crippen LogP) is 5.59. The summed E-state index contributed by atoms with van der Waals surface area (Å²) in [7, 11) is 0. The molecular formula is C27H41NO11. The molecule has 3 atom stereocenters. The normalized spacial score (nSPS) is 13.9. The number of carboxylic acids is 1. The first-order valence-corrected chi connectivity index (χ1v) is 13.1. The van der Waals surface area contributed by atoms with Gasteiger partial charge in [0, 0.05) is 12.5 Å². The summed E-state index contributed by atoms with van der Waals surface area (Å²) in [5, 5.41) is 12.8. The number of carbonyl (C=O) groups excluding carboxylic acids is 3. The zero-order valence-electron chi connectivity index (χ0n) is 23.7. The first-order chi connectivity index (χ1) is 18.3. The molecule has 0 aliphatic rings. The Morgan fingerprint density at radius 3 is 1.85 bits per heavy atom. The van der Waals surface area contributed by atoms with Crippen molar-refractivity contribution in [2.24, 2.45) is 0 Å². The molecule has 1 aromatic rings. The van der Waals surface area contributed by atoms with Crippen molar-refractivity contribution in [3.05, 3.63) is 23.8 Å². The van der Waals surface area contributed by atoms with Crippen LogP contribution in [0.5, 0.6) is 11.5 Å². The van der Waals surface area contributed by atoms with Crippen LogP contribution in [0.25, 0.3) is 0 Å². The van der Waals surface area contributed by atoms with Gasteiger partial charge in [-0.05, 0) is 65.2 Å². The number of hydrogen-bond donors (Lipinski definition) is 2. The fourth-order valence-electron chi connectivity index (χ4n) is 3.65. The third kappa shape index (κ3) is 11.8. The van der Waals surface area contributed by atoms with Crippen molar-refractivity contribution in [3.8, 4) is 11.5 Å². The maximum atomic E-state index is 12.5. The molecule has 0 spiro atoms. The van der Waals surface area contributed by atoms with Gasteiger partial charge in [0.05, 0.1) is 6.61 Å². The van der Waals surface area contributed by atoms with Crippen LogP contribution in [-0.2, 0) is 30.2 Å². The molecule has 2 unspecified atom stereocenters. The van der Waals surface area contributed by atoms with E-state index in [4.69, 9.17) is 28.4 Å². The van der Waals surface area contributed by atoms with Crippen LogP contribution in [0.15, 0.2) is 18.2 Å². The van der Waals surface area contributed by atoms with E-state index in [2.05, 4.69) is 5.32 Å². The van der Waals surface area contributed by atoms with Crippen molar-refractivity contribution in [2.75, 3.05) is 6.61 Å². The topological polar surface area (TPSA) is 156 Å². The fourth-order valence-corrected chi connectivity index (χ4v) is 3.65. The predicted molar refractivity (Wildman–Crippen MR) is 140 cm³/mol. The summed E-state index contributed by atoms with van der Waals surface area (Å²) in [6.45, 7) is 12.2. The Labute approximate surface area is 229 Å². The Hall–Kier alpha value is -3.54. The van der Waals surface area contributed by atoms with Crippen LogP contribution in [0, 0.1) is 0 Å². The van der Waals surface area contributed by atoms with Gasteiger partial charge in [-0.2, -0.15) is 0 Å². The van der Waals surface area contributed by atoms with Gasteiger partial charge < -0.3 is 33.5 Å². The molecule has 0 radical (unpaired) electrons. The molecule has 0 aliphatic carbocycles. The summed E-state index contributed by atoms with van der Waals surface area (Å²) in [5.74, 6) is -1.86. The van der Waals surface area contributed by atoms with Crippen LogP contribution in [0.1, 0.15) is 79.7 Å². The molecule has 2 N–H and O–H groups in total. The van der Waals surface area contributed by atoms with Crippen LogP contribution >= 0.6 is 0 Å². The Kier molecular flexibility index (Phi) is 14.1. The van der Waals surface area contributed by atoms with Gasteiger partial charge in [0.25, 0.3) is 5.72 Å². The third-order valence-electron chi connectivity index (χ3n) is 5.22. The third-order valence-corrected chi connectivity index (χ3v) is 5.22. The van der Waals surface area contributed by atoms with Crippen LogP contribution in [0.3, 0.4) is 0 Å². The number of aliphatic carboxylic acids is 1. The lowest BCUT2D eigenvalue weighted by atomic mass is 10.0. The average Bonchev–Trinajstić information content (AvgIpc) is 2.80. The van der Waals surface area contributed by atoms with Gasteiger partial charge in [0.15, 0.2) is 11.5 Å². The van der Waals surface area contributed by atoms with E-state index in [1.807, 2.05) is 13.8 Å². The highest BCUT2D eigenvalue weighted by atomic mass is 16.8. The molecule has 0 amide bonds. The van der Waals surface area contributed by atoms with E-state index in [0.717, 1.165) is 12.8 Å². The molecule has 12 heteroatoms. The highest BCUT2D eigenvalue weighted by Crippen LogP contribution is 2.32. The van der Waals surface area contributed by atoms with Crippen molar-refractivity contribution in [1.82, 2.24) is 5.32 Å². The molecule has 220 valence electrons. The lowest BCUT2D eigenvalue weighted by Crippen LogP contribution is -2.59. The molecule has 0 bridgehead atoms. The molecule has 0 aromatic heterocycles. The number of benzene rings is 1. The second kappa shape index (κ2) is 16.4. The van der Waals surface area contributed by atoms with Gasteiger partial charge in [-0.3, -0.25) is 5.32 Å². The highest BCUT2D eigenvalue weighted by Gasteiger charge is 2.44. The van der Waals surface area contributed by atoms with Crippen molar-refractivity contribution >= 4 is 24.4 Å². The van der Waals surface area contributed by atoms with Gasteiger partial charge in [-0.25, -0.2) is 19.2 Å². The van der Waals surface area contributed by atoms with Crippen molar-refractivity contribution in [3.63, 3.8) is 0 Å². The van der Waals surface area contributed by atoms with Crippen LogP contribution in [0.2, 0.25) is 0 Å². The largest absolute Gasteiger partial charge is 0.514 e. The summed E-state index contributed by atoms with van der Waals surface area (Å²) >= 11 is 0. The monoisotopic (exact) mass is 555 g/mol. The van der Waals surface area contributed by atoms with Crippen LogP contribution in [-0.4, -0.2) is 60.1 Å².